The van der Waals surface area contributed by atoms with Gasteiger partial charge in [0.05, 0.1) is 16.6 Å². The fourth-order valence-corrected chi connectivity index (χ4v) is 5.03. The molecule has 1 amide bonds. The Labute approximate surface area is 224 Å². The highest BCUT2D eigenvalue weighted by Crippen LogP contribution is 2.29. The van der Waals surface area contributed by atoms with Crippen molar-refractivity contribution in [3.05, 3.63) is 105 Å². The van der Waals surface area contributed by atoms with Crippen LogP contribution in [0.5, 0.6) is 0 Å². The van der Waals surface area contributed by atoms with Crippen molar-refractivity contribution in [2.24, 2.45) is 0 Å². The van der Waals surface area contributed by atoms with Gasteiger partial charge < -0.3 is 9.88 Å². The van der Waals surface area contributed by atoms with Crippen molar-refractivity contribution in [2.45, 2.75) is 38.4 Å². The smallest absolute Gasteiger partial charge is 0.237 e. The zero-order valence-corrected chi connectivity index (χ0v) is 21.7. The van der Waals surface area contributed by atoms with Crippen molar-refractivity contribution in [3.63, 3.8) is 0 Å². The van der Waals surface area contributed by atoms with E-state index >= 15 is 0 Å². The van der Waals surface area contributed by atoms with E-state index in [1.165, 1.54) is 12.1 Å². The monoisotopic (exact) mass is 541 g/mol. The van der Waals surface area contributed by atoms with Crippen LogP contribution in [0.15, 0.2) is 66.9 Å². The summed E-state index contributed by atoms with van der Waals surface area (Å²) in [6.45, 7) is 1.37. The number of rotatable bonds is 10. The van der Waals surface area contributed by atoms with E-state index in [2.05, 4.69) is 11.1 Å². The van der Waals surface area contributed by atoms with Gasteiger partial charge in [-0.3, -0.25) is 9.69 Å². The number of para-hydroxylation sites is 1. The number of benzene rings is 3. The van der Waals surface area contributed by atoms with Gasteiger partial charge in [-0.1, -0.05) is 47.5 Å². The van der Waals surface area contributed by atoms with Crippen LogP contribution in [-0.2, 0) is 24.3 Å². The van der Waals surface area contributed by atoms with Gasteiger partial charge in [-0.2, -0.15) is 0 Å². The second-order valence-corrected chi connectivity index (χ2v) is 10.4. The molecule has 1 heterocycles. The fourth-order valence-electron chi connectivity index (χ4n) is 4.71. The number of hydrogen-bond acceptors (Lipinski definition) is 2. The highest BCUT2D eigenvalue weighted by atomic mass is 35.5. The Balaban J connectivity index is 1.34. The van der Waals surface area contributed by atoms with Crippen molar-refractivity contribution >= 4 is 40.0 Å². The maximum atomic E-state index is 13.8. The van der Waals surface area contributed by atoms with Crippen LogP contribution >= 0.6 is 23.2 Å². The summed E-state index contributed by atoms with van der Waals surface area (Å²) in [6.07, 6.45) is 4.59. The zero-order valence-electron chi connectivity index (χ0n) is 20.2. The molecule has 1 aliphatic rings. The summed E-state index contributed by atoms with van der Waals surface area (Å²) in [6, 6.07) is 17.2. The van der Waals surface area contributed by atoms with Gasteiger partial charge in [0.15, 0.2) is 0 Å². The van der Waals surface area contributed by atoms with Crippen LogP contribution in [-0.4, -0.2) is 39.8 Å². The standard InChI is InChI=1S/C29H27Cl2F2N3O/c30-26-8-5-19(13-27(26)31)16-35(10-9-21-15-34-28-4-2-1-3-25(21)28)29(37)18-36(24-6-7-24)17-20-11-22(32)14-23(33)12-20/h1-5,8,11-15,24,34H,6-7,9-10,16-18H2. The summed E-state index contributed by atoms with van der Waals surface area (Å²) in [7, 11) is 0. The fraction of sp³-hybridized carbons (Fsp3) is 0.276. The molecule has 0 saturated heterocycles. The molecule has 5 rings (SSSR count). The summed E-state index contributed by atoms with van der Waals surface area (Å²) in [5.74, 6) is -1.27. The summed E-state index contributed by atoms with van der Waals surface area (Å²) in [5, 5.41) is 2.04. The second kappa shape index (κ2) is 11.2. The highest BCUT2D eigenvalue weighted by Gasteiger charge is 2.31. The number of carbonyl (C=O) groups is 1. The number of halogens is 4. The zero-order chi connectivity index (χ0) is 25.9. The molecule has 4 aromatic rings. The number of hydrogen-bond donors (Lipinski definition) is 1. The average molecular weight is 542 g/mol. The molecule has 1 saturated carbocycles. The van der Waals surface area contributed by atoms with Crippen LogP contribution in [0.1, 0.15) is 29.5 Å². The number of H-pyrrole nitrogens is 1. The first-order valence-electron chi connectivity index (χ1n) is 12.3. The third kappa shape index (κ3) is 6.50. The van der Waals surface area contributed by atoms with E-state index in [9.17, 15) is 13.6 Å². The molecule has 1 aliphatic carbocycles. The van der Waals surface area contributed by atoms with Crippen molar-refractivity contribution in [1.29, 1.82) is 0 Å². The maximum Gasteiger partial charge on any atom is 0.237 e. The highest BCUT2D eigenvalue weighted by molar-refractivity contribution is 6.42. The molecule has 0 bridgehead atoms. The number of aromatic amines is 1. The molecule has 0 atom stereocenters. The molecule has 1 aromatic heterocycles. The minimum absolute atomic E-state index is 0.0466. The van der Waals surface area contributed by atoms with Crippen LogP contribution in [0.4, 0.5) is 8.78 Å². The molecular formula is C29H27Cl2F2N3O. The molecule has 0 unspecified atom stereocenters. The number of carbonyl (C=O) groups excluding carboxylic acids is 1. The van der Waals surface area contributed by atoms with Crippen LogP contribution in [0.2, 0.25) is 10.0 Å². The number of fused-ring (bicyclic) bond motifs is 1. The lowest BCUT2D eigenvalue weighted by molar-refractivity contribution is -0.133. The van der Waals surface area contributed by atoms with E-state index in [4.69, 9.17) is 23.2 Å². The van der Waals surface area contributed by atoms with Gasteiger partial charge in [0.2, 0.25) is 5.91 Å². The number of nitrogens with zero attached hydrogens (tertiary/aromatic N) is 2. The Morgan fingerprint density at radius 3 is 2.41 bits per heavy atom. The minimum Gasteiger partial charge on any atom is -0.361 e. The molecule has 0 spiro atoms. The predicted molar refractivity (Wildman–Crippen MR) is 144 cm³/mol. The van der Waals surface area contributed by atoms with E-state index in [0.29, 0.717) is 41.7 Å². The van der Waals surface area contributed by atoms with E-state index in [1.54, 1.807) is 12.1 Å². The molecular weight excluding hydrogens is 515 g/mol. The molecule has 0 aliphatic heterocycles. The Morgan fingerprint density at radius 1 is 0.919 bits per heavy atom. The summed E-state index contributed by atoms with van der Waals surface area (Å²) >= 11 is 12.3. The average Bonchev–Trinajstić information content (AvgIpc) is 3.63. The van der Waals surface area contributed by atoms with Crippen LogP contribution in [0.3, 0.4) is 0 Å². The number of amides is 1. The molecule has 1 fully saturated rings. The molecule has 8 heteroatoms. The number of aromatic nitrogens is 1. The first kappa shape index (κ1) is 25.7. The van der Waals surface area contributed by atoms with E-state index < -0.39 is 11.6 Å². The first-order valence-corrected chi connectivity index (χ1v) is 13.1. The van der Waals surface area contributed by atoms with Gasteiger partial charge in [0.25, 0.3) is 0 Å². The van der Waals surface area contributed by atoms with Crippen molar-refractivity contribution in [2.75, 3.05) is 13.1 Å². The summed E-state index contributed by atoms with van der Waals surface area (Å²) in [5.41, 5.74) is 3.60. The summed E-state index contributed by atoms with van der Waals surface area (Å²) < 4.78 is 27.6. The molecule has 37 heavy (non-hydrogen) atoms. The molecule has 1 N–H and O–H groups in total. The lowest BCUT2D eigenvalue weighted by atomic mass is 10.1. The van der Waals surface area contributed by atoms with Gasteiger partial charge in [0.1, 0.15) is 11.6 Å². The minimum atomic E-state index is -0.614. The Bertz CT molecular complexity index is 1400. The summed E-state index contributed by atoms with van der Waals surface area (Å²) in [4.78, 5) is 20.8. The lowest BCUT2D eigenvalue weighted by Gasteiger charge is -2.28. The third-order valence-electron chi connectivity index (χ3n) is 6.75. The first-order chi connectivity index (χ1) is 17.9. The molecule has 192 valence electrons. The van der Waals surface area contributed by atoms with Gasteiger partial charge in [-0.25, -0.2) is 8.78 Å². The van der Waals surface area contributed by atoms with Crippen LogP contribution in [0.25, 0.3) is 10.9 Å². The van der Waals surface area contributed by atoms with Crippen molar-refractivity contribution in [1.82, 2.24) is 14.8 Å². The van der Waals surface area contributed by atoms with Crippen LogP contribution in [0, 0.1) is 11.6 Å². The van der Waals surface area contributed by atoms with Crippen molar-refractivity contribution in [3.8, 4) is 0 Å². The third-order valence-corrected chi connectivity index (χ3v) is 7.48. The van der Waals surface area contributed by atoms with Crippen LogP contribution < -0.4 is 0 Å². The maximum absolute atomic E-state index is 13.8. The quantitative estimate of drug-likeness (QED) is 0.235. The molecule has 4 nitrogen and oxygen atoms in total. The Morgan fingerprint density at radius 2 is 1.68 bits per heavy atom. The topological polar surface area (TPSA) is 39.3 Å². The van der Waals surface area contributed by atoms with Gasteiger partial charge >= 0.3 is 0 Å². The van der Waals surface area contributed by atoms with Gasteiger partial charge in [0, 0.05) is 48.8 Å². The molecule has 0 radical (unpaired) electrons. The van der Waals surface area contributed by atoms with E-state index in [1.807, 2.05) is 40.3 Å². The lowest BCUT2D eigenvalue weighted by Crippen LogP contribution is -2.41. The van der Waals surface area contributed by atoms with Gasteiger partial charge in [-0.15, -0.1) is 0 Å². The van der Waals surface area contributed by atoms with Gasteiger partial charge in [-0.05, 0) is 66.3 Å². The number of nitrogens with one attached hydrogen (secondary N) is 1. The van der Waals surface area contributed by atoms with E-state index in [-0.39, 0.29) is 18.5 Å². The SMILES string of the molecule is O=C(CN(Cc1cc(F)cc(F)c1)C1CC1)N(CCc1c[nH]c2ccccc12)Cc1ccc(Cl)c(Cl)c1. The van der Waals surface area contributed by atoms with Crippen molar-refractivity contribution < 1.29 is 13.6 Å². The largest absolute Gasteiger partial charge is 0.361 e. The van der Waals surface area contributed by atoms with E-state index in [0.717, 1.165) is 40.9 Å². The predicted octanol–water partition coefficient (Wildman–Crippen LogP) is 6.99. The Hall–Kier alpha value is -2.93. The normalized spacial score (nSPS) is 13.4. The second-order valence-electron chi connectivity index (χ2n) is 9.59. The Kier molecular flexibility index (Phi) is 7.79. The molecule has 3 aromatic carbocycles.